The van der Waals surface area contributed by atoms with E-state index in [9.17, 15) is 0 Å². The van der Waals surface area contributed by atoms with E-state index in [0.717, 1.165) is 43.5 Å². The summed E-state index contributed by atoms with van der Waals surface area (Å²) in [6, 6.07) is 20.7. The van der Waals surface area contributed by atoms with E-state index in [4.69, 9.17) is 14.2 Å². The van der Waals surface area contributed by atoms with E-state index >= 15 is 0 Å². The first-order chi connectivity index (χ1) is 19.0. The molecule has 4 rings (SSSR count). The SMILES string of the molecule is CNc1ccc(CCCCC2(CCOCCOCCOC)c3cc(C)ccc3-c3ccc(C)cc32)cc1NC. The molecule has 39 heavy (non-hydrogen) atoms. The Labute approximate surface area is 235 Å². The molecule has 5 heteroatoms. The third kappa shape index (κ3) is 6.84. The predicted molar refractivity (Wildman–Crippen MR) is 163 cm³/mol. The number of methoxy groups -OCH3 is 1. The van der Waals surface area contributed by atoms with Gasteiger partial charge in [-0.2, -0.15) is 0 Å². The van der Waals surface area contributed by atoms with Crippen molar-refractivity contribution in [3.63, 3.8) is 0 Å². The van der Waals surface area contributed by atoms with Crippen molar-refractivity contribution < 1.29 is 14.2 Å². The number of hydrogen-bond donors (Lipinski definition) is 2. The fourth-order valence-corrected chi connectivity index (χ4v) is 6.02. The van der Waals surface area contributed by atoms with Gasteiger partial charge in [0.25, 0.3) is 0 Å². The lowest BCUT2D eigenvalue weighted by molar-refractivity contribution is 0.0214. The van der Waals surface area contributed by atoms with Crippen LogP contribution < -0.4 is 10.6 Å². The van der Waals surface area contributed by atoms with Gasteiger partial charge in [0, 0.05) is 33.2 Å². The van der Waals surface area contributed by atoms with Crippen molar-refractivity contribution in [2.24, 2.45) is 0 Å². The number of benzene rings is 3. The van der Waals surface area contributed by atoms with Gasteiger partial charge in [0.1, 0.15) is 0 Å². The summed E-state index contributed by atoms with van der Waals surface area (Å²) in [6.07, 6.45) is 5.47. The number of nitrogens with one attached hydrogen (secondary N) is 2. The molecule has 0 unspecified atom stereocenters. The molecule has 1 aliphatic carbocycles. The summed E-state index contributed by atoms with van der Waals surface area (Å²) >= 11 is 0. The minimum atomic E-state index is -0.0360. The van der Waals surface area contributed by atoms with Gasteiger partial charge in [-0.05, 0) is 79.5 Å². The van der Waals surface area contributed by atoms with Gasteiger partial charge in [-0.1, -0.05) is 60.0 Å². The zero-order valence-corrected chi connectivity index (χ0v) is 24.5. The van der Waals surface area contributed by atoms with Gasteiger partial charge in [0.2, 0.25) is 0 Å². The molecule has 0 fully saturated rings. The fourth-order valence-electron chi connectivity index (χ4n) is 6.02. The number of hydrogen-bond acceptors (Lipinski definition) is 5. The first-order valence-electron chi connectivity index (χ1n) is 14.4. The van der Waals surface area contributed by atoms with Crippen LogP contribution in [-0.4, -0.2) is 54.2 Å². The highest BCUT2D eigenvalue weighted by Crippen LogP contribution is 2.54. The highest BCUT2D eigenvalue weighted by molar-refractivity contribution is 5.81. The van der Waals surface area contributed by atoms with E-state index in [0.29, 0.717) is 33.0 Å². The third-order valence-corrected chi connectivity index (χ3v) is 8.09. The number of aryl methyl sites for hydroxylation is 3. The fraction of sp³-hybridized carbons (Fsp3) is 0.471. The van der Waals surface area contributed by atoms with Crippen LogP contribution in [0.1, 0.15) is 53.5 Å². The normalized spacial score (nSPS) is 13.3. The molecule has 210 valence electrons. The molecule has 0 radical (unpaired) electrons. The Bertz CT molecular complexity index is 1170. The lowest BCUT2D eigenvalue weighted by atomic mass is 9.71. The van der Waals surface area contributed by atoms with Gasteiger partial charge in [-0.15, -0.1) is 0 Å². The Morgan fingerprint density at radius 1 is 0.641 bits per heavy atom. The molecule has 5 nitrogen and oxygen atoms in total. The molecule has 0 aromatic heterocycles. The molecule has 0 saturated heterocycles. The summed E-state index contributed by atoms with van der Waals surface area (Å²) in [4.78, 5) is 0. The standard InChI is InChI=1S/C34H46N2O3/c1-25-9-12-28-29-13-10-26(2)23-31(29)34(30(28)22-25,16-17-38-20-21-39-19-18-37-5)15-7-6-8-27-11-14-32(35-3)33(24-27)36-4/h9-14,22-24,35-36H,6-8,15-21H2,1-5H3. The van der Waals surface area contributed by atoms with Crippen LogP contribution in [-0.2, 0) is 26.0 Å². The van der Waals surface area contributed by atoms with E-state index in [2.05, 4.69) is 79.1 Å². The number of ether oxygens (including phenoxy) is 3. The van der Waals surface area contributed by atoms with E-state index in [1.54, 1.807) is 7.11 Å². The van der Waals surface area contributed by atoms with Crippen molar-refractivity contribution in [2.45, 2.75) is 51.4 Å². The smallest absolute Gasteiger partial charge is 0.0701 e. The molecule has 0 saturated carbocycles. The van der Waals surface area contributed by atoms with Crippen LogP contribution in [0.25, 0.3) is 11.1 Å². The van der Waals surface area contributed by atoms with Crippen LogP contribution in [0, 0.1) is 13.8 Å². The average Bonchev–Trinajstić information content (AvgIpc) is 3.20. The molecule has 0 spiro atoms. The van der Waals surface area contributed by atoms with Crippen molar-refractivity contribution in [1.29, 1.82) is 0 Å². The van der Waals surface area contributed by atoms with Crippen molar-refractivity contribution in [1.82, 2.24) is 0 Å². The maximum Gasteiger partial charge on any atom is 0.0701 e. The third-order valence-electron chi connectivity index (χ3n) is 8.09. The van der Waals surface area contributed by atoms with Crippen LogP contribution in [0.2, 0.25) is 0 Å². The Morgan fingerprint density at radius 3 is 1.87 bits per heavy atom. The minimum absolute atomic E-state index is 0.0360. The van der Waals surface area contributed by atoms with Crippen LogP contribution >= 0.6 is 0 Å². The lowest BCUT2D eigenvalue weighted by Crippen LogP contribution is -2.28. The second kappa shape index (κ2) is 14.0. The van der Waals surface area contributed by atoms with E-state index in [-0.39, 0.29) is 5.41 Å². The quantitative estimate of drug-likeness (QED) is 0.193. The zero-order chi connectivity index (χ0) is 27.7. The molecular weight excluding hydrogens is 484 g/mol. The summed E-state index contributed by atoms with van der Waals surface area (Å²) in [6.45, 7) is 7.57. The second-order valence-electron chi connectivity index (χ2n) is 10.7. The number of anilines is 2. The first-order valence-corrected chi connectivity index (χ1v) is 14.4. The van der Waals surface area contributed by atoms with Crippen molar-refractivity contribution in [3.8, 4) is 11.1 Å². The Balaban J connectivity index is 1.51. The first kappa shape index (κ1) is 29.1. The molecule has 3 aromatic carbocycles. The molecule has 0 aliphatic heterocycles. The topological polar surface area (TPSA) is 51.8 Å². The van der Waals surface area contributed by atoms with Crippen LogP contribution in [0.3, 0.4) is 0 Å². The van der Waals surface area contributed by atoms with Gasteiger partial charge >= 0.3 is 0 Å². The lowest BCUT2D eigenvalue weighted by Gasteiger charge is -2.33. The molecule has 2 N–H and O–H groups in total. The Hall–Kier alpha value is -2.86. The highest BCUT2D eigenvalue weighted by Gasteiger charge is 2.42. The maximum atomic E-state index is 6.14. The summed E-state index contributed by atoms with van der Waals surface area (Å²) < 4.78 is 16.8. The number of unbranched alkanes of at least 4 members (excludes halogenated alkanes) is 1. The molecule has 0 bridgehead atoms. The van der Waals surface area contributed by atoms with E-state index in [1.807, 2.05) is 14.1 Å². The van der Waals surface area contributed by atoms with Gasteiger partial charge in [-0.3, -0.25) is 0 Å². The maximum absolute atomic E-state index is 6.14. The summed E-state index contributed by atoms with van der Waals surface area (Å²) in [5.41, 5.74) is 12.0. The Kier molecular flexibility index (Phi) is 10.4. The highest BCUT2D eigenvalue weighted by atomic mass is 16.5. The van der Waals surface area contributed by atoms with Crippen LogP contribution in [0.4, 0.5) is 11.4 Å². The van der Waals surface area contributed by atoms with E-state index in [1.165, 1.54) is 38.9 Å². The summed E-state index contributed by atoms with van der Waals surface area (Å²) in [7, 11) is 5.64. The number of fused-ring (bicyclic) bond motifs is 3. The van der Waals surface area contributed by atoms with Gasteiger partial charge in [0.05, 0.1) is 37.8 Å². The van der Waals surface area contributed by atoms with Crippen LogP contribution in [0.5, 0.6) is 0 Å². The molecule has 3 aromatic rings. The predicted octanol–water partition coefficient (Wildman–Crippen LogP) is 7.14. The molecule has 0 amide bonds. The van der Waals surface area contributed by atoms with Gasteiger partial charge in [-0.25, -0.2) is 0 Å². The molecule has 0 atom stereocenters. The minimum Gasteiger partial charge on any atom is -0.386 e. The molecule has 1 aliphatic rings. The molecular formula is C34H46N2O3. The summed E-state index contributed by atoms with van der Waals surface area (Å²) in [5, 5.41) is 6.58. The van der Waals surface area contributed by atoms with Crippen LogP contribution in [0.15, 0.2) is 54.6 Å². The van der Waals surface area contributed by atoms with Crippen molar-refractivity contribution in [2.75, 3.05) is 64.9 Å². The monoisotopic (exact) mass is 530 g/mol. The Morgan fingerprint density at radius 2 is 1.26 bits per heavy atom. The van der Waals surface area contributed by atoms with Crippen molar-refractivity contribution >= 4 is 11.4 Å². The largest absolute Gasteiger partial charge is 0.386 e. The zero-order valence-electron chi connectivity index (χ0n) is 24.5. The molecule has 0 heterocycles. The van der Waals surface area contributed by atoms with Crippen molar-refractivity contribution in [3.05, 3.63) is 82.4 Å². The van der Waals surface area contributed by atoms with Gasteiger partial charge < -0.3 is 24.8 Å². The second-order valence-corrected chi connectivity index (χ2v) is 10.7. The van der Waals surface area contributed by atoms with Gasteiger partial charge in [0.15, 0.2) is 0 Å². The summed E-state index contributed by atoms with van der Waals surface area (Å²) in [5.74, 6) is 0. The number of rotatable bonds is 16. The average molecular weight is 531 g/mol. The van der Waals surface area contributed by atoms with E-state index < -0.39 is 0 Å².